The maximum atomic E-state index is 13.3. The van der Waals surface area contributed by atoms with Gasteiger partial charge in [-0.1, -0.05) is 42.5 Å². The van der Waals surface area contributed by atoms with Crippen molar-refractivity contribution in [1.29, 1.82) is 0 Å². The highest BCUT2D eigenvalue weighted by Crippen LogP contribution is 2.28. The number of carbonyl (C=O) groups is 3. The topological polar surface area (TPSA) is 105 Å². The van der Waals surface area contributed by atoms with E-state index in [9.17, 15) is 19.5 Å². The zero-order chi connectivity index (χ0) is 24.3. The molecule has 0 saturated carbocycles. The van der Waals surface area contributed by atoms with Gasteiger partial charge in [0.25, 0.3) is 5.91 Å². The van der Waals surface area contributed by atoms with Crippen molar-refractivity contribution in [2.75, 3.05) is 6.61 Å². The lowest BCUT2D eigenvalue weighted by molar-refractivity contribution is -0.130. The first kappa shape index (κ1) is 23.7. The number of phenolic OH excluding ortho intramolecular Hbond substituents is 1. The fourth-order valence-electron chi connectivity index (χ4n) is 3.78. The van der Waals surface area contributed by atoms with Crippen LogP contribution in [-0.2, 0) is 20.7 Å². The van der Waals surface area contributed by atoms with E-state index in [1.807, 2.05) is 36.4 Å². The second kappa shape index (κ2) is 9.79. The van der Waals surface area contributed by atoms with E-state index in [1.54, 1.807) is 32.0 Å². The summed E-state index contributed by atoms with van der Waals surface area (Å²) in [7, 11) is 0. The molecule has 3 atom stereocenters. The Balaban J connectivity index is 1.54. The average molecular weight is 479 g/mol. The highest BCUT2D eigenvalue weighted by atomic mass is 32.1. The Kier molecular flexibility index (Phi) is 6.81. The Morgan fingerprint density at radius 2 is 1.82 bits per heavy atom. The Hall–Kier alpha value is -3.49. The molecule has 0 radical (unpaired) electrons. The molecule has 3 unspecified atom stereocenters. The number of phenols is 1. The first-order valence-corrected chi connectivity index (χ1v) is 11.8. The molecule has 1 aliphatic rings. The summed E-state index contributed by atoms with van der Waals surface area (Å²) < 4.78 is 5.41. The summed E-state index contributed by atoms with van der Waals surface area (Å²) in [6.45, 7) is 3.30. The summed E-state index contributed by atoms with van der Waals surface area (Å²) in [6, 6.07) is 18.8. The Bertz CT molecular complexity index is 1190. The van der Waals surface area contributed by atoms with Crippen LogP contribution < -0.4 is 10.6 Å². The quantitative estimate of drug-likeness (QED) is 0.483. The Morgan fingerprint density at radius 1 is 1.12 bits per heavy atom. The minimum Gasteiger partial charge on any atom is -0.508 e. The third-order valence-corrected chi connectivity index (χ3v) is 7.26. The second-order valence-electron chi connectivity index (χ2n) is 8.49. The summed E-state index contributed by atoms with van der Waals surface area (Å²) in [5.74, 6) is -0.961. The number of benzene rings is 2. The molecule has 2 aromatic carbocycles. The molecular weight excluding hydrogens is 452 g/mol. The number of hydrogen-bond acceptors (Lipinski definition) is 6. The number of hydrogen-bond donors (Lipinski definition) is 3. The molecule has 2 amide bonds. The van der Waals surface area contributed by atoms with Crippen LogP contribution in [0.15, 0.2) is 66.7 Å². The third-order valence-electron chi connectivity index (χ3n) is 6.13. The zero-order valence-electron chi connectivity index (χ0n) is 18.9. The van der Waals surface area contributed by atoms with Gasteiger partial charge in [-0.25, -0.2) is 0 Å². The standard InChI is InChI=1S/C26H26N2O5S/c1-16-26(2,23(30)15-33-16)28-24(31)20(14-17-8-10-19(29)11-9-17)27-25(32)22-13-12-21(34-22)18-6-4-3-5-7-18/h3-13,16,20,29H,14-15H2,1-2H3,(H,27,32)(H,28,31). The normalized spacial score (nSPS) is 20.6. The van der Waals surface area contributed by atoms with Crippen molar-refractivity contribution in [3.05, 3.63) is 77.2 Å². The van der Waals surface area contributed by atoms with Gasteiger partial charge in [-0.2, -0.15) is 0 Å². The number of Topliss-reactive ketones (excluding diaryl/α,β-unsaturated/α-hetero) is 1. The predicted octanol–water partition coefficient (Wildman–Crippen LogP) is 3.32. The van der Waals surface area contributed by atoms with Crippen LogP contribution in [0.3, 0.4) is 0 Å². The van der Waals surface area contributed by atoms with Crippen molar-refractivity contribution in [3.63, 3.8) is 0 Å². The zero-order valence-corrected chi connectivity index (χ0v) is 19.7. The van der Waals surface area contributed by atoms with Crippen molar-refractivity contribution < 1.29 is 24.2 Å². The molecule has 1 fully saturated rings. The van der Waals surface area contributed by atoms with Crippen LogP contribution in [-0.4, -0.2) is 47.0 Å². The lowest BCUT2D eigenvalue weighted by Gasteiger charge is -2.29. The first-order valence-electron chi connectivity index (χ1n) is 11.0. The van der Waals surface area contributed by atoms with E-state index in [2.05, 4.69) is 10.6 Å². The van der Waals surface area contributed by atoms with Gasteiger partial charge in [0.1, 0.15) is 23.9 Å². The first-order chi connectivity index (χ1) is 16.3. The van der Waals surface area contributed by atoms with Gasteiger partial charge in [0.15, 0.2) is 5.78 Å². The molecule has 3 aromatic rings. The number of nitrogens with one attached hydrogen (secondary N) is 2. The monoisotopic (exact) mass is 478 g/mol. The van der Waals surface area contributed by atoms with Crippen LogP contribution in [0.4, 0.5) is 0 Å². The maximum absolute atomic E-state index is 13.3. The lowest BCUT2D eigenvalue weighted by atomic mass is 9.92. The van der Waals surface area contributed by atoms with Gasteiger partial charge in [0.2, 0.25) is 5.91 Å². The average Bonchev–Trinajstić information content (AvgIpc) is 3.42. The molecule has 1 aliphatic heterocycles. The van der Waals surface area contributed by atoms with Crippen LogP contribution >= 0.6 is 11.3 Å². The van der Waals surface area contributed by atoms with Gasteiger partial charge in [-0.3, -0.25) is 14.4 Å². The van der Waals surface area contributed by atoms with Crippen LogP contribution in [0, 0.1) is 0 Å². The number of ketones is 1. The van der Waals surface area contributed by atoms with Crippen molar-refractivity contribution in [3.8, 4) is 16.2 Å². The van der Waals surface area contributed by atoms with Crippen molar-refractivity contribution in [1.82, 2.24) is 10.6 Å². The van der Waals surface area contributed by atoms with Crippen LogP contribution in [0.2, 0.25) is 0 Å². The molecular formula is C26H26N2O5S. The fraction of sp³-hybridized carbons (Fsp3) is 0.269. The SMILES string of the molecule is CC1OCC(=O)C1(C)NC(=O)C(Cc1ccc(O)cc1)NC(=O)c1ccc(-c2ccccc2)s1. The van der Waals surface area contributed by atoms with E-state index in [4.69, 9.17) is 4.74 Å². The van der Waals surface area contributed by atoms with E-state index >= 15 is 0 Å². The van der Waals surface area contributed by atoms with Crippen LogP contribution in [0.5, 0.6) is 5.75 Å². The number of rotatable bonds is 7. The number of aromatic hydroxyl groups is 1. The summed E-state index contributed by atoms with van der Waals surface area (Å²) >= 11 is 1.34. The molecule has 176 valence electrons. The van der Waals surface area contributed by atoms with Gasteiger partial charge >= 0.3 is 0 Å². The summed E-state index contributed by atoms with van der Waals surface area (Å²) in [5.41, 5.74) is 0.589. The van der Waals surface area contributed by atoms with Gasteiger partial charge in [-0.15, -0.1) is 11.3 Å². The van der Waals surface area contributed by atoms with E-state index in [-0.39, 0.29) is 30.5 Å². The lowest BCUT2D eigenvalue weighted by Crippen LogP contribution is -2.60. The minimum atomic E-state index is -1.17. The number of thiophene rings is 1. The van der Waals surface area contributed by atoms with E-state index in [0.717, 1.165) is 16.0 Å². The smallest absolute Gasteiger partial charge is 0.262 e. The molecule has 0 bridgehead atoms. The maximum Gasteiger partial charge on any atom is 0.262 e. The molecule has 1 saturated heterocycles. The highest BCUT2D eigenvalue weighted by Gasteiger charge is 2.47. The van der Waals surface area contributed by atoms with Crippen molar-refractivity contribution in [2.24, 2.45) is 0 Å². The van der Waals surface area contributed by atoms with Gasteiger partial charge < -0.3 is 20.5 Å². The van der Waals surface area contributed by atoms with Crippen LogP contribution in [0.1, 0.15) is 29.1 Å². The molecule has 0 spiro atoms. The molecule has 3 N–H and O–H groups in total. The van der Waals surface area contributed by atoms with Gasteiger partial charge in [0.05, 0.1) is 11.0 Å². The summed E-state index contributed by atoms with van der Waals surface area (Å²) in [5, 5.41) is 15.2. The predicted molar refractivity (Wildman–Crippen MR) is 130 cm³/mol. The molecule has 8 heteroatoms. The van der Waals surface area contributed by atoms with E-state index in [0.29, 0.717) is 4.88 Å². The molecule has 4 rings (SSSR count). The minimum absolute atomic E-state index is 0.0651. The number of ether oxygens (including phenoxy) is 1. The summed E-state index contributed by atoms with van der Waals surface area (Å²) in [6.07, 6.45) is -0.298. The van der Waals surface area contributed by atoms with Gasteiger partial charge in [0, 0.05) is 11.3 Å². The highest BCUT2D eigenvalue weighted by molar-refractivity contribution is 7.17. The Morgan fingerprint density at radius 3 is 2.47 bits per heavy atom. The molecule has 7 nitrogen and oxygen atoms in total. The molecule has 1 aromatic heterocycles. The van der Waals surface area contributed by atoms with E-state index < -0.39 is 23.6 Å². The fourth-order valence-corrected chi connectivity index (χ4v) is 4.70. The molecule has 2 heterocycles. The van der Waals surface area contributed by atoms with Crippen LogP contribution in [0.25, 0.3) is 10.4 Å². The third kappa shape index (κ3) is 5.03. The number of amides is 2. The van der Waals surface area contributed by atoms with Crippen molar-refractivity contribution >= 4 is 28.9 Å². The largest absolute Gasteiger partial charge is 0.508 e. The van der Waals surface area contributed by atoms with Gasteiger partial charge in [-0.05, 0) is 49.2 Å². The molecule has 0 aliphatic carbocycles. The number of carbonyl (C=O) groups excluding carboxylic acids is 3. The van der Waals surface area contributed by atoms with Crippen molar-refractivity contribution in [2.45, 2.75) is 38.0 Å². The van der Waals surface area contributed by atoms with E-state index in [1.165, 1.54) is 23.5 Å². The second-order valence-corrected chi connectivity index (χ2v) is 9.58. The molecule has 34 heavy (non-hydrogen) atoms. The Labute approximate surface area is 201 Å². The summed E-state index contributed by atoms with van der Waals surface area (Å²) in [4.78, 5) is 40.2.